The van der Waals surface area contributed by atoms with Crippen LogP contribution in [0.5, 0.6) is 0 Å². The van der Waals surface area contributed by atoms with Crippen LogP contribution in [-0.4, -0.2) is 37.2 Å². The summed E-state index contributed by atoms with van der Waals surface area (Å²) in [6.45, 7) is 6.43. The van der Waals surface area contributed by atoms with Gasteiger partial charge in [0.15, 0.2) is 6.10 Å². The second kappa shape index (κ2) is 64.3. The van der Waals surface area contributed by atoms with E-state index in [9.17, 15) is 14.4 Å². The summed E-state index contributed by atoms with van der Waals surface area (Å²) in [5.41, 5.74) is 0. The van der Waals surface area contributed by atoms with Crippen LogP contribution >= 0.6 is 0 Å². The maximum Gasteiger partial charge on any atom is 0.306 e. The van der Waals surface area contributed by atoms with Crippen LogP contribution in [0.4, 0.5) is 0 Å². The number of unbranched alkanes of at least 4 members (excludes halogenated alkanes) is 26. The van der Waals surface area contributed by atoms with Gasteiger partial charge in [0.05, 0.1) is 0 Å². The van der Waals surface area contributed by atoms with Crippen LogP contribution in [0.15, 0.2) is 122 Å². The Bertz CT molecular complexity index is 1600. The number of carbonyl (C=O) groups excluding carboxylic acids is 3. The summed E-state index contributed by atoms with van der Waals surface area (Å²) in [6, 6.07) is 0. The molecule has 0 amide bonds. The molecule has 0 bridgehead atoms. The zero-order chi connectivity index (χ0) is 55.7. The van der Waals surface area contributed by atoms with Crippen LogP contribution in [0.25, 0.3) is 0 Å². The molecular weight excluding hydrogens is 949 g/mol. The van der Waals surface area contributed by atoms with Crippen LogP contribution < -0.4 is 0 Å². The minimum absolute atomic E-state index is 0.115. The molecule has 0 aromatic rings. The third kappa shape index (κ3) is 62.5. The van der Waals surface area contributed by atoms with Gasteiger partial charge in [-0.3, -0.25) is 14.4 Å². The monoisotopic (exact) mass is 1070 g/mol. The summed E-state index contributed by atoms with van der Waals surface area (Å²) in [6.07, 6.45) is 89.3. The first-order valence-corrected chi connectivity index (χ1v) is 32.0. The summed E-state index contributed by atoms with van der Waals surface area (Å²) in [7, 11) is 0. The Hall–Kier alpha value is -4.19. The number of esters is 3. The topological polar surface area (TPSA) is 78.9 Å². The van der Waals surface area contributed by atoms with Crippen LogP contribution in [0, 0.1) is 0 Å². The molecular formula is C71H118O6. The molecule has 0 aromatic carbocycles. The normalized spacial score (nSPS) is 12.9. The molecule has 0 aliphatic carbocycles. The van der Waals surface area contributed by atoms with Gasteiger partial charge < -0.3 is 14.2 Å². The molecule has 0 radical (unpaired) electrons. The Kier molecular flexibility index (Phi) is 60.8. The third-order valence-corrected chi connectivity index (χ3v) is 13.5. The van der Waals surface area contributed by atoms with Gasteiger partial charge >= 0.3 is 17.9 Å². The minimum Gasteiger partial charge on any atom is -0.462 e. The first kappa shape index (κ1) is 72.8. The smallest absolute Gasteiger partial charge is 0.306 e. The lowest BCUT2D eigenvalue weighted by Crippen LogP contribution is -2.30. The lowest BCUT2D eigenvalue weighted by molar-refractivity contribution is -0.166. The summed E-state index contributed by atoms with van der Waals surface area (Å²) < 4.78 is 16.8. The van der Waals surface area contributed by atoms with E-state index < -0.39 is 6.10 Å². The van der Waals surface area contributed by atoms with Crippen molar-refractivity contribution in [3.63, 3.8) is 0 Å². The van der Waals surface area contributed by atoms with E-state index in [4.69, 9.17) is 14.2 Å². The van der Waals surface area contributed by atoms with E-state index in [1.807, 2.05) is 6.08 Å². The summed E-state index contributed by atoms with van der Waals surface area (Å²) in [5.74, 6) is -1.03. The molecule has 0 aromatic heterocycles. The predicted octanol–water partition coefficient (Wildman–Crippen LogP) is 22.0. The highest BCUT2D eigenvalue weighted by Gasteiger charge is 2.19. The number of rotatable bonds is 57. The quantitative estimate of drug-likeness (QED) is 0.0261. The largest absolute Gasteiger partial charge is 0.462 e. The van der Waals surface area contributed by atoms with Crippen molar-refractivity contribution in [3.8, 4) is 0 Å². The molecule has 438 valence electrons. The molecule has 0 rings (SSSR count). The van der Waals surface area contributed by atoms with Gasteiger partial charge in [0.25, 0.3) is 0 Å². The number of allylic oxidation sites excluding steroid dienone is 20. The first-order chi connectivity index (χ1) is 38.0. The maximum absolute atomic E-state index is 12.9. The van der Waals surface area contributed by atoms with Crippen molar-refractivity contribution in [1.29, 1.82) is 0 Å². The van der Waals surface area contributed by atoms with Crippen molar-refractivity contribution in [2.75, 3.05) is 13.2 Å². The lowest BCUT2D eigenvalue weighted by atomic mass is 10.0. The molecule has 0 aliphatic rings. The van der Waals surface area contributed by atoms with Crippen molar-refractivity contribution in [2.24, 2.45) is 0 Å². The lowest BCUT2D eigenvalue weighted by Gasteiger charge is -2.18. The molecule has 0 heterocycles. The summed E-state index contributed by atoms with van der Waals surface area (Å²) in [4.78, 5) is 38.3. The standard InChI is InChI=1S/C71H118O6/c1-4-7-10-13-16-19-22-25-28-31-34-35-38-40-43-46-49-52-55-58-61-64-70(73)76-67-68(77-71(74)65-62-59-56-53-50-47-44-41-37-33-30-27-24-21-18-15-12-9-6-3)66-75-69(72)63-60-57-54-51-48-45-42-39-36-32-29-26-23-20-17-14-11-8-5-2/h8,11,17-18,20-21,26-27,29-30,36-37,39,41,45,47-48,50,54,57,68H,4-7,9-10,12-16,19,22-25,28,31-35,38,40,42-44,46,49,51-53,55-56,58-67H2,1-3H3/b11-8-,20-17-,21-18-,29-26-,30-27-,39-36-,41-37-,48-45-,50-47-,57-54-/t68-/m1/s1. The molecule has 0 unspecified atom stereocenters. The first-order valence-electron chi connectivity index (χ1n) is 32.0. The zero-order valence-electron chi connectivity index (χ0n) is 50.2. The molecule has 0 saturated carbocycles. The number of hydrogen-bond acceptors (Lipinski definition) is 6. The molecule has 77 heavy (non-hydrogen) atoms. The zero-order valence-corrected chi connectivity index (χ0v) is 50.2. The van der Waals surface area contributed by atoms with Crippen LogP contribution in [0.1, 0.15) is 290 Å². The second-order valence-electron chi connectivity index (χ2n) is 20.9. The minimum atomic E-state index is -0.829. The molecule has 6 nitrogen and oxygen atoms in total. The van der Waals surface area contributed by atoms with Crippen molar-refractivity contribution >= 4 is 17.9 Å². The molecule has 0 N–H and O–H groups in total. The van der Waals surface area contributed by atoms with Crippen molar-refractivity contribution in [1.82, 2.24) is 0 Å². The van der Waals surface area contributed by atoms with E-state index in [2.05, 4.69) is 136 Å². The molecule has 0 saturated heterocycles. The SMILES string of the molecule is CC/C=C\C/C=C\C/C=C\C/C=C\C/C=C\C/C=C\CCC(=O)OC[C@H](COC(=O)CCCCCCCCCCCCCCCCCCCCCCC)OC(=O)CCCCC/C=C\C/C=C\C/C=C\C/C=C\CCCCC. The Morgan fingerprint density at radius 3 is 0.896 bits per heavy atom. The Morgan fingerprint density at radius 2 is 0.532 bits per heavy atom. The molecule has 0 fully saturated rings. The van der Waals surface area contributed by atoms with Gasteiger partial charge in [-0.1, -0.05) is 290 Å². The van der Waals surface area contributed by atoms with Gasteiger partial charge in [0.1, 0.15) is 13.2 Å². The predicted molar refractivity (Wildman–Crippen MR) is 334 cm³/mol. The van der Waals surface area contributed by atoms with Crippen LogP contribution in [-0.2, 0) is 28.6 Å². The fourth-order valence-electron chi connectivity index (χ4n) is 8.69. The number of ether oxygens (including phenoxy) is 3. The Morgan fingerprint density at radius 1 is 0.273 bits per heavy atom. The van der Waals surface area contributed by atoms with Crippen molar-refractivity contribution in [2.45, 2.75) is 297 Å². The van der Waals surface area contributed by atoms with Gasteiger partial charge in [0.2, 0.25) is 0 Å². The van der Waals surface area contributed by atoms with E-state index in [1.165, 1.54) is 141 Å². The number of carbonyl (C=O) groups is 3. The van der Waals surface area contributed by atoms with Crippen LogP contribution in [0.2, 0.25) is 0 Å². The fourth-order valence-corrected chi connectivity index (χ4v) is 8.69. The highest BCUT2D eigenvalue weighted by molar-refractivity contribution is 5.71. The second-order valence-corrected chi connectivity index (χ2v) is 20.9. The van der Waals surface area contributed by atoms with E-state index in [0.29, 0.717) is 19.3 Å². The van der Waals surface area contributed by atoms with Gasteiger partial charge in [0, 0.05) is 19.3 Å². The average molecular weight is 1070 g/mol. The van der Waals surface area contributed by atoms with E-state index in [0.717, 1.165) is 96.3 Å². The highest BCUT2D eigenvalue weighted by atomic mass is 16.6. The maximum atomic E-state index is 12.9. The fraction of sp³-hybridized carbons (Fsp3) is 0.676. The van der Waals surface area contributed by atoms with E-state index in [-0.39, 0.29) is 44.0 Å². The van der Waals surface area contributed by atoms with Gasteiger partial charge in [-0.2, -0.15) is 0 Å². The summed E-state index contributed by atoms with van der Waals surface area (Å²) >= 11 is 0. The van der Waals surface area contributed by atoms with Gasteiger partial charge in [-0.05, 0) is 103 Å². The Labute approximate surface area is 475 Å². The van der Waals surface area contributed by atoms with Gasteiger partial charge in [-0.15, -0.1) is 0 Å². The molecule has 1 atom stereocenters. The van der Waals surface area contributed by atoms with E-state index >= 15 is 0 Å². The third-order valence-electron chi connectivity index (χ3n) is 13.5. The average Bonchev–Trinajstić information content (AvgIpc) is 3.43. The van der Waals surface area contributed by atoms with Crippen LogP contribution in [0.3, 0.4) is 0 Å². The molecule has 0 spiro atoms. The number of hydrogen-bond donors (Lipinski definition) is 0. The highest BCUT2D eigenvalue weighted by Crippen LogP contribution is 2.16. The summed E-state index contributed by atoms with van der Waals surface area (Å²) in [5, 5.41) is 0. The molecule has 0 aliphatic heterocycles. The van der Waals surface area contributed by atoms with Gasteiger partial charge in [-0.25, -0.2) is 0 Å². The van der Waals surface area contributed by atoms with E-state index in [1.54, 1.807) is 0 Å². The molecule has 6 heteroatoms. The van der Waals surface area contributed by atoms with Crippen molar-refractivity contribution < 1.29 is 28.6 Å². The Balaban J connectivity index is 4.52. The van der Waals surface area contributed by atoms with Crippen molar-refractivity contribution in [3.05, 3.63) is 122 Å².